The summed E-state index contributed by atoms with van der Waals surface area (Å²) in [6.07, 6.45) is -0.880. The van der Waals surface area contributed by atoms with Crippen molar-refractivity contribution in [1.29, 1.82) is 0 Å². The molecule has 1 unspecified atom stereocenters. The molecular weight excluding hydrogens is 311 g/mol. The van der Waals surface area contributed by atoms with Crippen LogP contribution in [-0.4, -0.2) is 12.2 Å². The van der Waals surface area contributed by atoms with Crippen LogP contribution in [0.25, 0.3) is 0 Å². The Bertz CT molecular complexity index is 599. The molecule has 0 aliphatic heterocycles. The minimum absolute atomic E-state index is 0.373. The van der Waals surface area contributed by atoms with E-state index in [1.54, 1.807) is 25.3 Å². The molecule has 2 nitrogen and oxygen atoms in total. The number of ether oxygens (including phenoxy) is 1. The van der Waals surface area contributed by atoms with Crippen molar-refractivity contribution in [3.63, 3.8) is 0 Å². The molecule has 0 saturated carbocycles. The summed E-state index contributed by atoms with van der Waals surface area (Å²) in [5.41, 5.74) is 2.13. The Morgan fingerprint density at radius 3 is 2.58 bits per heavy atom. The van der Waals surface area contributed by atoms with Gasteiger partial charge in [0.15, 0.2) is 0 Å². The molecule has 0 saturated heterocycles. The monoisotopic (exact) mass is 324 g/mol. The first-order valence-electron chi connectivity index (χ1n) is 5.80. The molecule has 2 aromatic rings. The van der Waals surface area contributed by atoms with E-state index in [1.807, 2.05) is 13.0 Å². The molecule has 100 valence electrons. The Morgan fingerprint density at radius 1 is 1.21 bits per heavy atom. The summed E-state index contributed by atoms with van der Waals surface area (Å²) < 4.78 is 19.1. The van der Waals surface area contributed by atoms with Crippen LogP contribution < -0.4 is 4.74 Å². The maximum atomic E-state index is 13.3. The lowest BCUT2D eigenvalue weighted by atomic mass is 9.99. The molecule has 2 aromatic carbocycles. The predicted octanol–water partition coefficient (Wildman–Crippen LogP) is 3.99. The number of halogens is 2. The third-order valence-corrected chi connectivity index (χ3v) is 3.71. The number of aliphatic hydroxyl groups is 1. The van der Waals surface area contributed by atoms with Crippen LogP contribution in [0.1, 0.15) is 22.8 Å². The molecule has 19 heavy (non-hydrogen) atoms. The van der Waals surface area contributed by atoms with E-state index in [1.165, 1.54) is 12.1 Å². The van der Waals surface area contributed by atoms with Gasteiger partial charge in [0.1, 0.15) is 17.7 Å². The van der Waals surface area contributed by atoms with Gasteiger partial charge in [-0.3, -0.25) is 0 Å². The first-order chi connectivity index (χ1) is 9.02. The van der Waals surface area contributed by atoms with Crippen molar-refractivity contribution in [2.24, 2.45) is 0 Å². The number of rotatable bonds is 3. The summed E-state index contributed by atoms with van der Waals surface area (Å²) >= 11 is 3.32. The van der Waals surface area contributed by atoms with Crippen LogP contribution in [-0.2, 0) is 0 Å². The second-order valence-electron chi connectivity index (χ2n) is 4.30. The van der Waals surface area contributed by atoms with Crippen molar-refractivity contribution in [2.75, 3.05) is 7.11 Å². The van der Waals surface area contributed by atoms with Gasteiger partial charge in [0, 0.05) is 10.0 Å². The standard InChI is InChI=1S/C15H14BrFO2/c1-9-7-10(3-6-14(9)19-2)15(18)12-8-11(17)4-5-13(12)16/h3-8,15,18H,1-2H3. The summed E-state index contributed by atoms with van der Waals surface area (Å²) in [6.45, 7) is 1.90. The van der Waals surface area contributed by atoms with Crippen molar-refractivity contribution in [3.05, 3.63) is 63.4 Å². The lowest BCUT2D eigenvalue weighted by Gasteiger charge is -2.15. The highest BCUT2D eigenvalue weighted by Crippen LogP contribution is 2.31. The largest absolute Gasteiger partial charge is 0.496 e. The van der Waals surface area contributed by atoms with Gasteiger partial charge < -0.3 is 9.84 Å². The molecule has 1 atom stereocenters. The molecule has 0 fully saturated rings. The number of methoxy groups -OCH3 is 1. The zero-order chi connectivity index (χ0) is 14.0. The van der Waals surface area contributed by atoms with E-state index in [0.717, 1.165) is 11.3 Å². The molecule has 0 amide bonds. The van der Waals surface area contributed by atoms with E-state index in [9.17, 15) is 9.50 Å². The quantitative estimate of drug-likeness (QED) is 0.925. The smallest absolute Gasteiger partial charge is 0.123 e. The summed E-state index contributed by atoms with van der Waals surface area (Å²) in [4.78, 5) is 0. The molecule has 1 N–H and O–H groups in total. The van der Waals surface area contributed by atoms with Crippen molar-refractivity contribution in [2.45, 2.75) is 13.0 Å². The van der Waals surface area contributed by atoms with Crippen LogP contribution in [0, 0.1) is 12.7 Å². The predicted molar refractivity (Wildman–Crippen MR) is 75.9 cm³/mol. The van der Waals surface area contributed by atoms with Gasteiger partial charge in [-0.05, 0) is 48.4 Å². The number of hydrogen-bond acceptors (Lipinski definition) is 2. The number of hydrogen-bond donors (Lipinski definition) is 1. The molecule has 0 heterocycles. The summed E-state index contributed by atoms with van der Waals surface area (Å²) in [5.74, 6) is 0.386. The average molecular weight is 325 g/mol. The Hall–Kier alpha value is -1.39. The number of aliphatic hydroxyl groups excluding tert-OH is 1. The Balaban J connectivity index is 2.41. The lowest BCUT2D eigenvalue weighted by Crippen LogP contribution is -2.02. The zero-order valence-corrected chi connectivity index (χ0v) is 12.2. The molecular formula is C15H14BrFO2. The normalized spacial score (nSPS) is 12.3. The summed E-state index contributed by atoms with van der Waals surface area (Å²) in [5, 5.41) is 10.3. The van der Waals surface area contributed by atoms with Crippen LogP contribution in [0.4, 0.5) is 4.39 Å². The highest BCUT2D eigenvalue weighted by atomic mass is 79.9. The molecule has 0 radical (unpaired) electrons. The van der Waals surface area contributed by atoms with E-state index < -0.39 is 6.10 Å². The maximum absolute atomic E-state index is 13.3. The Morgan fingerprint density at radius 2 is 1.95 bits per heavy atom. The minimum atomic E-state index is -0.880. The lowest BCUT2D eigenvalue weighted by molar-refractivity contribution is 0.219. The molecule has 0 aromatic heterocycles. The highest BCUT2D eigenvalue weighted by molar-refractivity contribution is 9.10. The summed E-state index contributed by atoms with van der Waals surface area (Å²) in [7, 11) is 1.60. The third-order valence-electron chi connectivity index (χ3n) is 2.99. The third kappa shape index (κ3) is 2.96. The van der Waals surface area contributed by atoms with Gasteiger partial charge in [0.05, 0.1) is 7.11 Å². The second kappa shape index (κ2) is 5.72. The molecule has 0 aliphatic rings. The minimum Gasteiger partial charge on any atom is -0.496 e. The van der Waals surface area contributed by atoms with E-state index in [4.69, 9.17) is 4.74 Å². The van der Waals surface area contributed by atoms with Gasteiger partial charge in [-0.25, -0.2) is 4.39 Å². The number of aryl methyl sites for hydroxylation is 1. The van der Waals surface area contributed by atoms with Gasteiger partial charge in [0.2, 0.25) is 0 Å². The molecule has 0 bridgehead atoms. The fourth-order valence-electron chi connectivity index (χ4n) is 1.98. The first kappa shape index (κ1) is 14.0. The maximum Gasteiger partial charge on any atom is 0.123 e. The van der Waals surface area contributed by atoms with Crippen LogP contribution in [0.15, 0.2) is 40.9 Å². The molecule has 0 spiro atoms. The van der Waals surface area contributed by atoms with Crippen LogP contribution in [0.5, 0.6) is 5.75 Å². The molecule has 4 heteroatoms. The molecule has 0 aliphatic carbocycles. The Labute approximate surface area is 120 Å². The fraction of sp³-hybridized carbons (Fsp3) is 0.200. The Kier molecular flexibility index (Phi) is 4.22. The first-order valence-corrected chi connectivity index (χ1v) is 6.59. The van der Waals surface area contributed by atoms with Gasteiger partial charge in [0.25, 0.3) is 0 Å². The van der Waals surface area contributed by atoms with E-state index in [2.05, 4.69) is 15.9 Å². The van der Waals surface area contributed by atoms with Gasteiger partial charge in [-0.15, -0.1) is 0 Å². The van der Waals surface area contributed by atoms with Crippen molar-refractivity contribution in [3.8, 4) is 5.75 Å². The van der Waals surface area contributed by atoms with Gasteiger partial charge >= 0.3 is 0 Å². The van der Waals surface area contributed by atoms with Crippen LogP contribution in [0.3, 0.4) is 0 Å². The summed E-state index contributed by atoms with van der Waals surface area (Å²) in [6, 6.07) is 9.66. The van der Waals surface area contributed by atoms with Gasteiger partial charge in [-0.1, -0.05) is 22.0 Å². The second-order valence-corrected chi connectivity index (χ2v) is 5.15. The van der Waals surface area contributed by atoms with Crippen LogP contribution >= 0.6 is 15.9 Å². The van der Waals surface area contributed by atoms with E-state index in [-0.39, 0.29) is 5.82 Å². The average Bonchev–Trinajstić information content (AvgIpc) is 2.40. The topological polar surface area (TPSA) is 29.5 Å². The van der Waals surface area contributed by atoms with Crippen molar-refractivity contribution < 1.29 is 14.2 Å². The number of benzene rings is 2. The van der Waals surface area contributed by atoms with Crippen molar-refractivity contribution >= 4 is 15.9 Å². The zero-order valence-electron chi connectivity index (χ0n) is 10.7. The SMILES string of the molecule is COc1ccc(C(O)c2cc(F)ccc2Br)cc1C. The van der Waals surface area contributed by atoms with Crippen molar-refractivity contribution in [1.82, 2.24) is 0 Å². The highest BCUT2D eigenvalue weighted by Gasteiger charge is 2.15. The van der Waals surface area contributed by atoms with E-state index in [0.29, 0.717) is 15.6 Å². The van der Waals surface area contributed by atoms with E-state index >= 15 is 0 Å². The van der Waals surface area contributed by atoms with Crippen LogP contribution in [0.2, 0.25) is 0 Å². The van der Waals surface area contributed by atoms with Gasteiger partial charge in [-0.2, -0.15) is 0 Å². The molecule has 2 rings (SSSR count). The fourth-order valence-corrected chi connectivity index (χ4v) is 2.44.